The summed E-state index contributed by atoms with van der Waals surface area (Å²) in [5.41, 5.74) is 3.47. The lowest BCUT2D eigenvalue weighted by molar-refractivity contribution is -0.0604. The number of aromatic nitrogens is 1. The first-order chi connectivity index (χ1) is 13.1. The van der Waals surface area contributed by atoms with Gasteiger partial charge in [0.2, 0.25) is 0 Å². The Hall–Kier alpha value is -1.74. The third-order valence-electron chi connectivity index (χ3n) is 4.83. The molecule has 1 aromatic carbocycles. The summed E-state index contributed by atoms with van der Waals surface area (Å²) in [6, 6.07) is 8.59. The summed E-state index contributed by atoms with van der Waals surface area (Å²) in [6.07, 6.45) is 4.59. The molecule has 0 radical (unpaired) electrons. The number of aryl methyl sites for hydroxylation is 1. The van der Waals surface area contributed by atoms with E-state index in [4.69, 9.17) is 4.74 Å². The Morgan fingerprint density at radius 2 is 2.04 bits per heavy atom. The van der Waals surface area contributed by atoms with Gasteiger partial charge >= 0.3 is 0 Å². The van der Waals surface area contributed by atoms with Gasteiger partial charge in [0.05, 0.1) is 12.6 Å². The van der Waals surface area contributed by atoms with Crippen molar-refractivity contribution in [2.24, 2.45) is 4.99 Å². The Bertz CT molecular complexity index is 784. The maximum Gasteiger partial charge on any atom is 0.193 e. The van der Waals surface area contributed by atoms with Crippen LogP contribution in [0.2, 0.25) is 0 Å². The molecule has 1 aliphatic heterocycles. The zero-order valence-corrected chi connectivity index (χ0v) is 18.9. The summed E-state index contributed by atoms with van der Waals surface area (Å²) in [4.78, 5) is 10.8. The summed E-state index contributed by atoms with van der Waals surface area (Å²) < 4.78 is 19.3. The van der Waals surface area contributed by atoms with Crippen LogP contribution in [0.1, 0.15) is 29.7 Å². The van der Waals surface area contributed by atoms with Gasteiger partial charge in [-0.3, -0.25) is 9.98 Å². The van der Waals surface area contributed by atoms with Crippen molar-refractivity contribution in [3.05, 3.63) is 65.2 Å². The fourth-order valence-corrected chi connectivity index (χ4v) is 3.41. The predicted octanol–water partition coefficient (Wildman–Crippen LogP) is 3.73. The van der Waals surface area contributed by atoms with Crippen molar-refractivity contribution >= 4 is 29.9 Å². The Kier molecular flexibility index (Phi) is 8.62. The number of rotatable bonds is 4. The molecule has 7 heteroatoms. The fraction of sp³-hybridized carbons (Fsp3) is 0.429. The van der Waals surface area contributed by atoms with E-state index in [0.29, 0.717) is 6.54 Å². The molecule has 1 N–H and O–H groups in total. The number of pyridine rings is 1. The van der Waals surface area contributed by atoms with Gasteiger partial charge < -0.3 is 15.0 Å². The molecule has 3 rings (SSSR count). The number of nitrogens with zero attached hydrogens (tertiary/aromatic N) is 3. The lowest BCUT2D eigenvalue weighted by Crippen LogP contribution is -2.51. The van der Waals surface area contributed by atoms with Crippen LogP contribution in [0.5, 0.6) is 0 Å². The highest BCUT2D eigenvalue weighted by Crippen LogP contribution is 2.25. The van der Waals surface area contributed by atoms with Crippen LogP contribution in [0.15, 0.2) is 47.7 Å². The van der Waals surface area contributed by atoms with Crippen molar-refractivity contribution in [2.45, 2.75) is 32.5 Å². The first-order valence-electron chi connectivity index (χ1n) is 9.33. The first-order valence-corrected chi connectivity index (χ1v) is 9.33. The maximum absolute atomic E-state index is 13.2. The molecule has 0 spiro atoms. The molecule has 2 heterocycles. The van der Waals surface area contributed by atoms with E-state index in [0.717, 1.165) is 31.0 Å². The lowest BCUT2D eigenvalue weighted by Gasteiger charge is -2.38. The van der Waals surface area contributed by atoms with Crippen molar-refractivity contribution in [3.8, 4) is 0 Å². The topological polar surface area (TPSA) is 49.8 Å². The van der Waals surface area contributed by atoms with Crippen molar-refractivity contribution in [1.29, 1.82) is 0 Å². The van der Waals surface area contributed by atoms with Gasteiger partial charge in [-0.15, -0.1) is 24.0 Å². The molecule has 0 bridgehead atoms. The highest BCUT2D eigenvalue weighted by atomic mass is 127. The van der Waals surface area contributed by atoms with Crippen molar-refractivity contribution in [1.82, 2.24) is 15.2 Å². The van der Waals surface area contributed by atoms with Gasteiger partial charge in [0.1, 0.15) is 11.9 Å². The standard InChI is InChI=1S/C21H27FN4O.HI/c1-15-12-24-10-8-17(15)9-11-25-21(23-3)26-13-16(2)27-20(14-26)18-4-6-19(22)7-5-18;/h4-8,10,12,16,20H,9,11,13-14H2,1-3H3,(H,23,25);1H. The quantitative estimate of drug-likeness (QED) is 0.397. The summed E-state index contributed by atoms with van der Waals surface area (Å²) in [5, 5.41) is 3.46. The maximum atomic E-state index is 13.2. The third kappa shape index (κ3) is 5.88. The number of aliphatic imine (C=N–C) groups is 1. The van der Waals surface area contributed by atoms with E-state index >= 15 is 0 Å². The SMILES string of the molecule is CN=C(NCCc1ccncc1C)N1CC(C)OC(c2ccc(F)cc2)C1.I. The molecule has 2 unspecified atom stereocenters. The van der Waals surface area contributed by atoms with Gasteiger partial charge in [-0.05, 0) is 55.2 Å². The van der Waals surface area contributed by atoms with Gasteiger partial charge in [-0.1, -0.05) is 12.1 Å². The average Bonchev–Trinajstić information content (AvgIpc) is 2.66. The van der Waals surface area contributed by atoms with Gasteiger partial charge in [0.15, 0.2) is 5.96 Å². The monoisotopic (exact) mass is 498 g/mol. The summed E-state index contributed by atoms with van der Waals surface area (Å²) in [6.45, 7) is 6.38. The Labute approximate surface area is 183 Å². The molecule has 0 aliphatic carbocycles. The van der Waals surface area contributed by atoms with Crippen LogP contribution in [0.4, 0.5) is 4.39 Å². The second-order valence-corrected chi connectivity index (χ2v) is 6.92. The summed E-state index contributed by atoms with van der Waals surface area (Å²) in [7, 11) is 1.80. The van der Waals surface area contributed by atoms with Gasteiger partial charge in [-0.25, -0.2) is 4.39 Å². The van der Waals surface area contributed by atoms with Gasteiger partial charge in [0.25, 0.3) is 0 Å². The lowest BCUT2D eigenvalue weighted by atomic mass is 10.1. The molecule has 1 aromatic heterocycles. The van der Waals surface area contributed by atoms with Gasteiger partial charge in [-0.2, -0.15) is 0 Å². The van der Waals surface area contributed by atoms with E-state index in [2.05, 4.69) is 40.1 Å². The number of halogens is 2. The molecule has 0 amide bonds. The molecular weight excluding hydrogens is 470 g/mol. The average molecular weight is 498 g/mol. The molecule has 1 fully saturated rings. The minimum absolute atomic E-state index is 0. The van der Waals surface area contributed by atoms with E-state index in [9.17, 15) is 4.39 Å². The number of benzene rings is 1. The number of morpholine rings is 1. The van der Waals surface area contributed by atoms with E-state index in [-0.39, 0.29) is 42.0 Å². The molecule has 2 atom stereocenters. The van der Waals surface area contributed by atoms with Crippen molar-refractivity contribution in [3.63, 3.8) is 0 Å². The normalized spacial score (nSPS) is 19.9. The van der Waals surface area contributed by atoms with Crippen LogP contribution in [0, 0.1) is 12.7 Å². The molecule has 0 saturated carbocycles. The van der Waals surface area contributed by atoms with E-state index in [1.807, 2.05) is 12.4 Å². The Morgan fingerprint density at radius 1 is 1.29 bits per heavy atom. The van der Waals surface area contributed by atoms with Crippen molar-refractivity contribution < 1.29 is 9.13 Å². The number of hydrogen-bond donors (Lipinski definition) is 1. The molecule has 2 aromatic rings. The zero-order chi connectivity index (χ0) is 19.2. The summed E-state index contributed by atoms with van der Waals surface area (Å²) in [5.74, 6) is 0.632. The van der Waals surface area contributed by atoms with Crippen molar-refractivity contribution in [2.75, 3.05) is 26.7 Å². The number of ether oxygens (including phenoxy) is 1. The van der Waals surface area contributed by atoms with E-state index in [1.54, 1.807) is 19.2 Å². The predicted molar refractivity (Wildman–Crippen MR) is 121 cm³/mol. The molecule has 152 valence electrons. The molecule has 28 heavy (non-hydrogen) atoms. The Balaban J connectivity index is 0.00000280. The van der Waals surface area contributed by atoms with Crippen LogP contribution in [-0.4, -0.2) is 48.6 Å². The highest BCUT2D eigenvalue weighted by molar-refractivity contribution is 14.0. The van der Waals surface area contributed by atoms with Crippen LogP contribution in [-0.2, 0) is 11.2 Å². The third-order valence-corrected chi connectivity index (χ3v) is 4.83. The minimum Gasteiger partial charge on any atom is -0.367 e. The first kappa shape index (κ1) is 22.5. The number of nitrogens with one attached hydrogen (secondary N) is 1. The highest BCUT2D eigenvalue weighted by Gasteiger charge is 2.28. The smallest absolute Gasteiger partial charge is 0.193 e. The van der Waals surface area contributed by atoms with Crippen LogP contribution < -0.4 is 5.32 Å². The largest absolute Gasteiger partial charge is 0.367 e. The van der Waals surface area contributed by atoms with Crippen LogP contribution in [0.3, 0.4) is 0 Å². The second kappa shape index (κ2) is 10.7. The Morgan fingerprint density at radius 3 is 2.71 bits per heavy atom. The molecule has 1 aliphatic rings. The molecule has 1 saturated heterocycles. The van der Waals surface area contributed by atoms with E-state index < -0.39 is 0 Å². The fourth-order valence-electron chi connectivity index (χ4n) is 3.41. The number of guanidine groups is 1. The van der Waals surface area contributed by atoms with E-state index in [1.165, 1.54) is 23.3 Å². The minimum atomic E-state index is -0.233. The number of hydrogen-bond acceptors (Lipinski definition) is 3. The van der Waals surface area contributed by atoms with Crippen LogP contribution in [0.25, 0.3) is 0 Å². The summed E-state index contributed by atoms with van der Waals surface area (Å²) >= 11 is 0. The van der Waals surface area contributed by atoms with Gasteiger partial charge in [0, 0.05) is 32.5 Å². The molecule has 5 nitrogen and oxygen atoms in total. The zero-order valence-electron chi connectivity index (χ0n) is 16.6. The second-order valence-electron chi connectivity index (χ2n) is 6.92. The van der Waals surface area contributed by atoms with Crippen LogP contribution >= 0.6 is 24.0 Å². The molecular formula is C21H28FIN4O.